The first-order chi connectivity index (χ1) is 17.2. The minimum Gasteiger partial charge on any atom is -0.439 e. The molecule has 2 aliphatic heterocycles. The highest BCUT2D eigenvalue weighted by Gasteiger charge is 2.47. The molecule has 0 aliphatic carbocycles. The molecule has 1 spiro atoms. The largest absolute Gasteiger partial charge is 0.439 e. The summed E-state index contributed by atoms with van der Waals surface area (Å²) in [5, 5.41) is 0.517. The molecule has 3 heterocycles. The van der Waals surface area contributed by atoms with Crippen molar-refractivity contribution in [2.75, 3.05) is 26.2 Å². The number of amides is 2. The predicted molar refractivity (Wildman–Crippen MR) is 130 cm³/mol. The summed E-state index contributed by atoms with van der Waals surface area (Å²) in [6.07, 6.45) is 2.91. The first-order valence-electron chi connectivity index (χ1n) is 11.7. The fourth-order valence-corrected chi connectivity index (χ4v) is 4.96. The van der Waals surface area contributed by atoms with Crippen LogP contribution >= 0.6 is 11.6 Å². The third-order valence-corrected chi connectivity index (χ3v) is 7.10. The Morgan fingerprint density at radius 2 is 1.67 bits per heavy atom. The number of aryl methyl sites for hydroxylation is 1. The number of aromatic nitrogens is 1. The monoisotopic (exact) mass is 511 g/mol. The lowest BCUT2D eigenvalue weighted by Gasteiger charge is -2.54. The minimum absolute atomic E-state index is 0.0495. The second-order valence-corrected chi connectivity index (χ2v) is 9.94. The van der Waals surface area contributed by atoms with Gasteiger partial charge < -0.3 is 14.5 Å². The van der Waals surface area contributed by atoms with Gasteiger partial charge in [-0.3, -0.25) is 9.59 Å². The van der Waals surface area contributed by atoms with Crippen LogP contribution < -0.4 is 4.74 Å². The number of pyridine rings is 1. The second-order valence-electron chi connectivity index (χ2n) is 9.50. The summed E-state index contributed by atoms with van der Waals surface area (Å²) < 4.78 is 33.6. The van der Waals surface area contributed by atoms with Crippen molar-refractivity contribution >= 4 is 23.4 Å². The molecule has 36 heavy (non-hydrogen) atoms. The Bertz CT molecular complexity index is 1300. The molecule has 2 fully saturated rings. The Balaban J connectivity index is 1.15. The molecule has 2 amide bonds. The third kappa shape index (κ3) is 4.78. The number of carbonyl (C=O) groups is 2. The Hall–Kier alpha value is -3.52. The average molecular weight is 512 g/mol. The van der Waals surface area contributed by atoms with Crippen LogP contribution in [-0.2, 0) is 0 Å². The summed E-state index contributed by atoms with van der Waals surface area (Å²) in [4.78, 5) is 33.2. The Morgan fingerprint density at radius 3 is 2.31 bits per heavy atom. The van der Waals surface area contributed by atoms with Gasteiger partial charge in [0.05, 0.1) is 10.6 Å². The maximum absolute atomic E-state index is 14.2. The van der Waals surface area contributed by atoms with Crippen molar-refractivity contribution in [3.8, 4) is 11.6 Å². The second kappa shape index (κ2) is 9.50. The van der Waals surface area contributed by atoms with Crippen molar-refractivity contribution in [1.29, 1.82) is 0 Å². The van der Waals surface area contributed by atoms with Crippen LogP contribution in [0, 0.1) is 24.0 Å². The van der Waals surface area contributed by atoms with E-state index in [0.29, 0.717) is 66.8 Å². The average Bonchev–Trinajstić information content (AvgIpc) is 2.86. The first kappa shape index (κ1) is 24.2. The number of ether oxygens (including phenoxy) is 1. The Morgan fingerprint density at radius 1 is 0.972 bits per heavy atom. The van der Waals surface area contributed by atoms with Gasteiger partial charge in [0.2, 0.25) is 5.88 Å². The highest BCUT2D eigenvalue weighted by atomic mass is 35.5. The zero-order chi connectivity index (χ0) is 25.4. The molecule has 6 nitrogen and oxygen atoms in total. The molecule has 186 valence electrons. The van der Waals surface area contributed by atoms with Gasteiger partial charge >= 0.3 is 0 Å². The quantitative estimate of drug-likeness (QED) is 0.464. The number of benzene rings is 2. The van der Waals surface area contributed by atoms with Gasteiger partial charge in [-0.1, -0.05) is 11.6 Å². The van der Waals surface area contributed by atoms with E-state index in [4.69, 9.17) is 16.3 Å². The molecule has 3 aromatic rings. The number of hydrogen-bond donors (Lipinski definition) is 0. The van der Waals surface area contributed by atoms with Crippen LogP contribution in [0.3, 0.4) is 0 Å². The number of carbonyl (C=O) groups excluding carboxylic acids is 2. The summed E-state index contributed by atoms with van der Waals surface area (Å²) in [6, 6.07) is 12.7. The predicted octanol–water partition coefficient (Wildman–Crippen LogP) is 5.49. The maximum Gasteiger partial charge on any atom is 0.256 e. The molecule has 1 aromatic heterocycles. The molecule has 0 unspecified atom stereocenters. The number of nitrogens with zero attached hydrogens (tertiary/aromatic N) is 3. The lowest BCUT2D eigenvalue weighted by atomic mass is 9.71. The number of hydrogen-bond acceptors (Lipinski definition) is 4. The third-order valence-electron chi connectivity index (χ3n) is 6.88. The van der Waals surface area contributed by atoms with E-state index in [1.165, 1.54) is 12.3 Å². The van der Waals surface area contributed by atoms with Crippen LogP contribution in [0.1, 0.15) is 39.1 Å². The maximum atomic E-state index is 14.2. The Labute approximate surface area is 212 Å². The van der Waals surface area contributed by atoms with E-state index in [0.717, 1.165) is 6.07 Å². The zero-order valence-corrected chi connectivity index (χ0v) is 20.4. The molecule has 0 bridgehead atoms. The molecule has 0 saturated carbocycles. The van der Waals surface area contributed by atoms with Crippen LogP contribution in [-0.4, -0.2) is 52.8 Å². The standard InChI is InChI=1S/C27H24ClF2N3O3/c1-17-12-21(24(30)22(29)13-17)26(35)32-10-8-27(9-11-32)15-33(16-27)25(34)18-2-5-20(6-3-18)36-23-7-4-19(28)14-31-23/h2-7,12-14H,8-11,15-16H2,1H3. The normalized spacial score (nSPS) is 16.6. The van der Waals surface area contributed by atoms with Crippen LogP contribution in [0.15, 0.2) is 54.7 Å². The van der Waals surface area contributed by atoms with Crippen molar-refractivity contribution in [2.45, 2.75) is 19.8 Å². The zero-order valence-electron chi connectivity index (χ0n) is 19.6. The molecule has 0 atom stereocenters. The van der Waals surface area contributed by atoms with E-state index < -0.39 is 17.5 Å². The van der Waals surface area contributed by atoms with Gasteiger partial charge in [0, 0.05) is 49.4 Å². The summed E-state index contributed by atoms with van der Waals surface area (Å²) >= 11 is 5.83. The van der Waals surface area contributed by atoms with Gasteiger partial charge in [0.25, 0.3) is 11.8 Å². The van der Waals surface area contributed by atoms with Crippen molar-refractivity contribution in [2.24, 2.45) is 5.41 Å². The lowest BCUT2D eigenvalue weighted by Crippen LogP contribution is -2.62. The summed E-state index contributed by atoms with van der Waals surface area (Å²) in [5.41, 5.74) is 0.783. The fraction of sp³-hybridized carbons (Fsp3) is 0.296. The van der Waals surface area contributed by atoms with Crippen LogP contribution in [0.4, 0.5) is 8.78 Å². The van der Waals surface area contributed by atoms with E-state index in [-0.39, 0.29) is 16.9 Å². The summed E-state index contributed by atoms with van der Waals surface area (Å²) in [6.45, 7) is 3.73. The van der Waals surface area contributed by atoms with Gasteiger partial charge in [-0.05, 0) is 67.8 Å². The molecule has 0 radical (unpaired) electrons. The van der Waals surface area contributed by atoms with Crippen LogP contribution in [0.25, 0.3) is 0 Å². The number of rotatable bonds is 4. The van der Waals surface area contributed by atoms with Gasteiger partial charge in [-0.15, -0.1) is 0 Å². The van der Waals surface area contributed by atoms with Crippen LogP contribution in [0.2, 0.25) is 5.02 Å². The highest BCUT2D eigenvalue weighted by Crippen LogP contribution is 2.41. The van der Waals surface area contributed by atoms with Crippen molar-refractivity contribution in [1.82, 2.24) is 14.8 Å². The van der Waals surface area contributed by atoms with E-state index in [2.05, 4.69) is 4.98 Å². The summed E-state index contributed by atoms with van der Waals surface area (Å²) in [7, 11) is 0. The molecule has 2 saturated heterocycles. The molecular formula is C27H24ClF2N3O3. The molecule has 0 N–H and O–H groups in total. The molecule has 2 aliphatic rings. The fourth-order valence-electron chi connectivity index (χ4n) is 4.85. The van der Waals surface area contributed by atoms with Crippen LogP contribution in [0.5, 0.6) is 11.6 Å². The molecule has 2 aromatic carbocycles. The van der Waals surface area contributed by atoms with Gasteiger partial charge in [-0.25, -0.2) is 13.8 Å². The van der Waals surface area contributed by atoms with E-state index in [1.54, 1.807) is 53.1 Å². The van der Waals surface area contributed by atoms with Gasteiger partial charge in [0.1, 0.15) is 5.75 Å². The van der Waals surface area contributed by atoms with E-state index in [1.807, 2.05) is 0 Å². The highest BCUT2D eigenvalue weighted by molar-refractivity contribution is 6.30. The molecular weight excluding hydrogens is 488 g/mol. The smallest absolute Gasteiger partial charge is 0.256 e. The lowest BCUT2D eigenvalue weighted by molar-refractivity contribution is -0.0288. The van der Waals surface area contributed by atoms with E-state index in [9.17, 15) is 18.4 Å². The van der Waals surface area contributed by atoms with Crippen molar-refractivity contribution in [3.05, 3.63) is 88.1 Å². The van der Waals surface area contributed by atoms with Crippen molar-refractivity contribution in [3.63, 3.8) is 0 Å². The van der Waals surface area contributed by atoms with E-state index >= 15 is 0 Å². The SMILES string of the molecule is Cc1cc(F)c(F)c(C(=O)N2CCC3(CC2)CN(C(=O)c2ccc(Oc4ccc(Cl)cn4)cc2)C3)c1. The minimum atomic E-state index is -1.10. The van der Waals surface area contributed by atoms with Gasteiger partial charge in [0.15, 0.2) is 11.6 Å². The summed E-state index contributed by atoms with van der Waals surface area (Å²) in [5.74, 6) is -1.71. The van der Waals surface area contributed by atoms with Gasteiger partial charge in [-0.2, -0.15) is 0 Å². The Kier molecular flexibility index (Phi) is 6.38. The number of likely N-dealkylation sites (tertiary alicyclic amines) is 2. The topological polar surface area (TPSA) is 62.7 Å². The number of piperidine rings is 1. The first-order valence-corrected chi connectivity index (χ1v) is 12.0. The molecule has 9 heteroatoms. The molecule has 5 rings (SSSR count). The number of halogens is 3. The van der Waals surface area contributed by atoms with Crippen molar-refractivity contribution < 1.29 is 23.1 Å².